The zero-order valence-corrected chi connectivity index (χ0v) is 14.1. The molecule has 0 saturated heterocycles. The van der Waals surface area contributed by atoms with Crippen molar-refractivity contribution >= 4 is 25.2 Å². The molecule has 1 aliphatic carbocycles. The van der Waals surface area contributed by atoms with Gasteiger partial charge in [-0.1, -0.05) is 45.4 Å². The Morgan fingerprint density at radius 2 is 1.76 bits per heavy atom. The lowest BCUT2D eigenvalue weighted by Gasteiger charge is -2.25. The molecule has 0 amide bonds. The van der Waals surface area contributed by atoms with Crippen LogP contribution in [0, 0.1) is 0 Å². The minimum Gasteiger partial charge on any atom is -0.361 e. The molecule has 21 heavy (non-hydrogen) atoms. The third-order valence-corrected chi connectivity index (χ3v) is 9.32. The first kappa shape index (κ1) is 18.3. The lowest BCUT2D eigenvalue weighted by atomic mass is 10.0. The second-order valence-electron chi connectivity index (χ2n) is 5.58. The van der Waals surface area contributed by atoms with Crippen molar-refractivity contribution < 1.29 is 21.6 Å². The zero-order chi connectivity index (χ0) is 15.9. The largest absolute Gasteiger partial charge is 0.371 e. The Kier molecular flexibility index (Phi) is 7.03. The van der Waals surface area contributed by atoms with E-state index in [1.54, 1.807) is 0 Å². The summed E-state index contributed by atoms with van der Waals surface area (Å²) in [7, 11) is -7.86. The maximum absolute atomic E-state index is 12.7. The maximum atomic E-state index is 12.7. The van der Waals surface area contributed by atoms with Gasteiger partial charge in [-0.05, 0) is 19.3 Å². The van der Waals surface area contributed by atoms with Crippen LogP contribution in [-0.4, -0.2) is 37.0 Å². The van der Waals surface area contributed by atoms with Crippen LogP contribution in [0.3, 0.4) is 0 Å². The van der Waals surface area contributed by atoms with E-state index in [0.717, 1.165) is 32.1 Å². The normalized spacial score (nSPS) is 18.9. The van der Waals surface area contributed by atoms with E-state index in [4.69, 9.17) is 5.53 Å². The van der Waals surface area contributed by atoms with Gasteiger partial charge in [-0.3, -0.25) is 0 Å². The SMILES string of the molecule is CCCCCC(S(=O)(=O)C=[N+]=[N-])S(=O)(=O)C1CCCCC1. The van der Waals surface area contributed by atoms with Gasteiger partial charge in [0.25, 0.3) is 9.84 Å². The van der Waals surface area contributed by atoms with Crippen LogP contribution in [0.4, 0.5) is 0 Å². The van der Waals surface area contributed by atoms with E-state index in [1.165, 1.54) is 0 Å². The number of hydrogen-bond donors (Lipinski definition) is 0. The molecule has 1 atom stereocenters. The highest BCUT2D eigenvalue weighted by atomic mass is 32.3. The van der Waals surface area contributed by atoms with Crippen LogP contribution in [-0.2, 0) is 19.7 Å². The van der Waals surface area contributed by atoms with Gasteiger partial charge >= 0.3 is 5.55 Å². The number of hydrogen-bond acceptors (Lipinski definition) is 4. The number of nitrogens with zero attached hydrogens (tertiary/aromatic N) is 2. The average Bonchev–Trinajstić information content (AvgIpc) is 2.44. The standard InChI is InChI=1S/C13H24N2O4S2/c1-2-3-5-10-13(20(16,17)11-15-14)21(18,19)12-8-6-4-7-9-12/h11-13H,2-10H2,1H3. The molecule has 8 heteroatoms. The van der Waals surface area contributed by atoms with E-state index in [0.29, 0.717) is 24.8 Å². The van der Waals surface area contributed by atoms with Gasteiger partial charge in [0.15, 0.2) is 14.4 Å². The molecule has 1 aliphatic rings. The molecule has 0 aromatic heterocycles. The molecule has 0 spiro atoms. The second-order valence-corrected chi connectivity index (χ2v) is 10.3. The predicted molar refractivity (Wildman–Crippen MR) is 82.3 cm³/mol. The van der Waals surface area contributed by atoms with E-state index in [2.05, 4.69) is 4.79 Å². The first-order valence-corrected chi connectivity index (χ1v) is 10.7. The van der Waals surface area contributed by atoms with E-state index in [1.807, 2.05) is 6.92 Å². The topological polar surface area (TPSA) is 105 Å². The zero-order valence-electron chi connectivity index (χ0n) is 12.4. The molecule has 1 fully saturated rings. The molecule has 0 heterocycles. The molecule has 1 saturated carbocycles. The van der Waals surface area contributed by atoms with E-state index >= 15 is 0 Å². The van der Waals surface area contributed by atoms with Gasteiger partial charge in [0.05, 0.1) is 5.25 Å². The lowest BCUT2D eigenvalue weighted by Crippen LogP contribution is -2.39. The fourth-order valence-corrected chi connectivity index (χ4v) is 7.61. The summed E-state index contributed by atoms with van der Waals surface area (Å²) in [4.78, 5) is 2.54. The molecule has 6 nitrogen and oxygen atoms in total. The van der Waals surface area contributed by atoms with Crippen molar-refractivity contribution in [3.8, 4) is 0 Å². The first-order chi connectivity index (χ1) is 9.86. The number of sulfone groups is 2. The van der Waals surface area contributed by atoms with Gasteiger partial charge in [0, 0.05) is 0 Å². The second kappa shape index (κ2) is 8.06. The van der Waals surface area contributed by atoms with Gasteiger partial charge < -0.3 is 5.53 Å². The highest BCUT2D eigenvalue weighted by molar-refractivity contribution is 8.16. The summed E-state index contributed by atoms with van der Waals surface area (Å²) in [6.07, 6.45) is 5.95. The molecule has 0 N–H and O–H groups in total. The van der Waals surface area contributed by atoms with Crippen LogP contribution < -0.4 is 0 Å². The van der Waals surface area contributed by atoms with Crippen LogP contribution in [0.15, 0.2) is 0 Å². The summed E-state index contributed by atoms with van der Waals surface area (Å²) >= 11 is 0. The Bertz CT molecular complexity index is 571. The molecule has 0 aromatic rings. The Hall–Kier alpha value is -0.720. The van der Waals surface area contributed by atoms with Gasteiger partial charge in [0.2, 0.25) is 0 Å². The van der Waals surface area contributed by atoms with E-state index in [9.17, 15) is 16.8 Å². The Balaban J connectivity index is 3.06. The van der Waals surface area contributed by atoms with Crippen LogP contribution in [0.2, 0.25) is 0 Å². The number of rotatable bonds is 8. The summed E-state index contributed by atoms with van der Waals surface area (Å²) in [6, 6.07) is 0. The summed E-state index contributed by atoms with van der Waals surface area (Å²) in [5.74, 6) is 0. The summed E-state index contributed by atoms with van der Waals surface area (Å²) in [5, 5.41) is -0.584. The van der Waals surface area contributed by atoms with Crippen molar-refractivity contribution in [2.45, 2.75) is 74.5 Å². The fraction of sp³-hybridized carbons (Fsp3) is 0.923. The molecule has 0 aliphatic heterocycles. The summed E-state index contributed by atoms with van der Waals surface area (Å²) < 4.78 is 48.1. The molecule has 0 bridgehead atoms. The quantitative estimate of drug-likeness (QED) is 0.223. The Morgan fingerprint density at radius 1 is 1.14 bits per heavy atom. The van der Waals surface area contributed by atoms with Crippen molar-refractivity contribution in [3.05, 3.63) is 5.53 Å². The Morgan fingerprint density at radius 3 is 2.29 bits per heavy atom. The molecular formula is C13H24N2O4S2. The minimum absolute atomic E-state index is 0.0705. The van der Waals surface area contributed by atoms with Crippen LogP contribution in [0.1, 0.15) is 64.7 Å². The van der Waals surface area contributed by atoms with Crippen LogP contribution in [0.5, 0.6) is 0 Å². The van der Waals surface area contributed by atoms with E-state index in [-0.39, 0.29) is 6.42 Å². The van der Waals surface area contributed by atoms with Gasteiger partial charge in [-0.2, -0.15) is 4.79 Å². The average molecular weight is 336 g/mol. The predicted octanol–water partition coefficient (Wildman–Crippen LogP) is 2.31. The smallest absolute Gasteiger partial charge is 0.361 e. The van der Waals surface area contributed by atoms with Gasteiger partial charge in [-0.25, -0.2) is 16.8 Å². The van der Waals surface area contributed by atoms with Crippen molar-refractivity contribution in [2.24, 2.45) is 0 Å². The molecule has 122 valence electrons. The van der Waals surface area contributed by atoms with E-state index < -0.39 is 29.5 Å². The molecule has 0 aromatic carbocycles. The highest BCUT2D eigenvalue weighted by Gasteiger charge is 2.43. The van der Waals surface area contributed by atoms with Crippen LogP contribution >= 0.6 is 0 Å². The summed E-state index contributed by atoms with van der Waals surface area (Å²) in [6.45, 7) is 1.97. The van der Waals surface area contributed by atoms with Crippen molar-refractivity contribution in [3.63, 3.8) is 0 Å². The fourth-order valence-electron chi connectivity index (χ4n) is 2.82. The molecular weight excluding hydrogens is 312 g/mol. The Labute approximate surface area is 127 Å². The molecule has 1 unspecified atom stereocenters. The molecule has 0 radical (unpaired) electrons. The van der Waals surface area contributed by atoms with Gasteiger partial charge in [-0.15, -0.1) is 0 Å². The van der Waals surface area contributed by atoms with Crippen molar-refractivity contribution in [1.29, 1.82) is 0 Å². The monoisotopic (exact) mass is 336 g/mol. The van der Waals surface area contributed by atoms with Gasteiger partial charge in [0.1, 0.15) is 0 Å². The van der Waals surface area contributed by atoms with Crippen molar-refractivity contribution in [1.82, 2.24) is 0 Å². The third-order valence-electron chi connectivity index (χ3n) is 3.99. The minimum atomic E-state index is -4.09. The summed E-state index contributed by atoms with van der Waals surface area (Å²) in [5.41, 5.74) is 8.86. The maximum Gasteiger partial charge on any atom is 0.371 e. The third kappa shape index (κ3) is 4.90. The molecule has 1 rings (SSSR count). The number of unbranched alkanes of at least 4 members (excludes halogenated alkanes) is 2. The lowest BCUT2D eigenvalue weighted by molar-refractivity contribution is 0.00750. The first-order valence-electron chi connectivity index (χ1n) is 7.50. The van der Waals surface area contributed by atoms with Crippen LogP contribution in [0.25, 0.3) is 5.53 Å². The highest BCUT2D eigenvalue weighted by Crippen LogP contribution is 2.30. The van der Waals surface area contributed by atoms with Crippen molar-refractivity contribution in [2.75, 3.05) is 0 Å².